The molecule has 0 amide bonds. The zero-order valence-corrected chi connectivity index (χ0v) is 13.0. The van der Waals surface area contributed by atoms with Crippen LogP contribution >= 0.6 is 11.6 Å². The number of anilines is 1. The van der Waals surface area contributed by atoms with Crippen LogP contribution in [0.2, 0.25) is 5.28 Å². The van der Waals surface area contributed by atoms with Crippen LogP contribution in [0.3, 0.4) is 0 Å². The van der Waals surface area contributed by atoms with Gasteiger partial charge < -0.3 is 19.7 Å². The minimum atomic E-state index is 0.113. The molecule has 0 radical (unpaired) electrons. The Bertz CT molecular complexity index is 392. The number of halogens is 1. The van der Waals surface area contributed by atoms with E-state index in [1.54, 1.807) is 0 Å². The fourth-order valence-corrected chi connectivity index (χ4v) is 1.41. The fraction of sp³-hybridized carbons (Fsp3) is 0.750. The highest BCUT2D eigenvalue weighted by molar-refractivity contribution is 6.28. The first-order chi connectivity index (χ1) is 9.61. The quantitative estimate of drug-likeness (QED) is 0.653. The van der Waals surface area contributed by atoms with E-state index in [9.17, 15) is 0 Å². The van der Waals surface area contributed by atoms with Crippen LogP contribution in [-0.4, -0.2) is 66.9 Å². The van der Waals surface area contributed by atoms with Crippen LogP contribution in [0.4, 0.5) is 5.95 Å². The van der Waals surface area contributed by atoms with Gasteiger partial charge in [0.1, 0.15) is 0 Å². The van der Waals surface area contributed by atoms with Gasteiger partial charge in [-0.05, 0) is 32.1 Å². The zero-order chi connectivity index (χ0) is 14.8. The van der Waals surface area contributed by atoms with Crippen molar-refractivity contribution in [3.05, 3.63) is 5.28 Å². The summed E-state index contributed by atoms with van der Waals surface area (Å²) in [5.41, 5.74) is 0. The molecule has 1 N–H and O–H groups in total. The molecule has 0 atom stereocenters. The van der Waals surface area contributed by atoms with Crippen molar-refractivity contribution in [2.24, 2.45) is 0 Å². The minimum Gasteiger partial charge on any atom is -0.463 e. The molecular weight excluding hydrogens is 282 g/mol. The lowest BCUT2D eigenvalue weighted by atomic mass is 10.5. The molecule has 7 nitrogen and oxygen atoms in total. The summed E-state index contributed by atoms with van der Waals surface area (Å²) < 4.78 is 10.8. The second-order valence-corrected chi connectivity index (χ2v) is 4.74. The summed E-state index contributed by atoms with van der Waals surface area (Å²) >= 11 is 5.81. The van der Waals surface area contributed by atoms with E-state index in [2.05, 4.69) is 25.2 Å². The normalized spacial score (nSPS) is 10.8. The van der Waals surface area contributed by atoms with Crippen LogP contribution in [0.5, 0.6) is 6.01 Å². The monoisotopic (exact) mass is 303 g/mol. The van der Waals surface area contributed by atoms with Gasteiger partial charge in [0.15, 0.2) is 0 Å². The molecule has 0 aliphatic carbocycles. The molecular formula is C12H22ClN5O2. The maximum Gasteiger partial charge on any atom is 0.322 e. The molecule has 114 valence electrons. The van der Waals surface area contributed by atoms with Crippen molar-refractivity contribution in [2.45, 2.75) is 13.3 Å². The molecule has 1 aromatic rings. The lowest BCUT2D eigenvalue weighted by Crippen LogP contribution is -2.20. The number of ether oxygens (including phenoxy) is 2. The third-order valence-corrected chi connectivity index (χ3v) is 2.40. The van der Waals surface area contributed by atoms with Gasteiger partial charge in [-0.1, -0.05) is 6.92 Å². The molecule has 0 saturated heterocycles. The molecule has 8 heteroatoms. The first kappa shape index (κ1) is 16.9. The summed E-state index contributed by atoms with van der Waals surface area (Å²) in [4.78, 5) is 14.0. The summed E-state index contributed by atoms with van der Waals surface area (Å²) in [6.45, 7) is 5.31. The van der Waals surface area contributed by atoms with Gasteiger partial charge in [0.2, 0.25) is 11.2 Å². The Hall–Kier alpha value is -1.18. The Morgan fingerprint density at radius 3 is 2.65 bits per heavy atom. The SMILES string of the molecule is CCCOc1nc(Cl)nc(NCCOCCN(C)C)n1. The Labute approximate surface area is 124 Å². The van der Waals surface area contributed by atoms with Crippen molar-refractivity contribution >= 4 is 17.5 Å². The smallest absolute Gasteiger partial charge is 0.322 e. The van der Waals surface area contributed by atoms with Gasteiger partial charge in [0, 0.05) is 13.1 Å². The highest BCUT2D eigenvalue weighted by atomic mass is 35.5. The van der Waals surface area contributed by atoms with Gasteiger partial charge in [-0.25, -0.2) is 0 Å². The maximum absolute atomic E-state index is 5.81. The number of nitrogens with one attached hydrogen (secondary N) is 1. The maximum atomic E-state index is 5.81. The molecule has 0 spiro atoms. The molecule has 20 heavy (non-hydrogen) atoms. The van der Waals surface area contributed by atoms with Gasteiger partial charge in [-0.2, -0.15) is 15.0 Å². The van der Waals surface area contributed by atoms with E-state index >= 15 is 0 Å². The Morgan fingerprint density at radius 2 is 1.95 bits per heavy atom. The molecule has 1 rings (SSSR count). The standard InChI is InChI=1S/C12H22ClN5O2/c1-4-7-20-12-16-10(13)15-11(17-12)14-5-8-19-9-6-18(2)3/h4-9H2,1-3H3,(H,14,15,16,17). The van der Waals surface area contributed by atoms with Crippen molar-refractivity contribution in [3.63, 3.8) is 0 Å². The van der Waals surface area contributed by atoms with Gasteiger partial charge in [-0.15, -0.1) is 0 Å². The van der Waals surface area contributed by atoms with Gasteiger partial charge in [0.25, 0.3) is 0 Å². The van der Waals surface area contributed by atoms with Crippen molar-refractivity contribution in [1.82, 2.24) is 19.9 Å². The van der Waals surface area contributed by atoms with Crippen molar-refractivity contribution in [1.29, 1.82) is 0 Å². The molecule has 0 aliphatic rings. The third kappa shape index (κ3) is 7.42. The molecule has 0 saturated carbocycles. The van der Waals surface area contributed by atoms with Crippen LogP contribution in [0.1, 0.15) is 13.3 Å². The highest BCUT2D eigenvalue weighted by Crippen LogP contribution is 2.11. The highest BCUT2D eigenvalue weighted by Gasteiger charge is 2.05. The van der Waals surface area contributed by atoms with Gasteiger partial charge in [0.05, 0.1) is 19.8 Å². The van der Waals surface area contributed by atoms with E-state index in [-0.39, 0.29) is 11.3 Å². The lowest BCUT2D eigenvalue weighted by Gasteiger charge is -2.10. The fourth-order valence-electron chi connectivity index (χ4n) is 1.25. The minimum absolute atomic E-state index is 0.113. The zero-order valence-electron chi connectivity index (χ0n) is 12.2. The van der Waals surface area contributed by atoms with E-state index in [1.807, 2.05) is 21.0 Å². The van der Waals surface area contributed by atoms with Gasteiger partial charge in [-0.3, -0.25) is 0 Å². The average molecular weight is 304 g/mol. The molecule has 0 bridgehead atoms. The Morgan fingerprint density at radius 1 is 1.15 bits per heavy atom. The summed E-state index contributed by atoms with van der Waals surface area (Å²) in [5, 5.41) is 3.14. The van der Waals surface area contributed by atoms with Crippen LogP contribution in [0.15, 0.2) is 0 Å². The molecule has 0 fully saturated rings. The topological polar surface area (TPSA) is 72.4 Å². The van der Waals surface area contributed by atoms with Crippen molar-refractivity contribution < 1.29 is 9.47 Å². The number of likely N-dealkylation sites (N-methyl/N-ethyl adjacent to an activating group) is 1. The van der Waals surface area contributed by atoms with Gasteiger partial charge >= 0.3 is 6.01 Å². The summed E-state index contributed by atoms with van der Waals surface area (Å²) in [7, 11) is 4.01. The molecule has 0 aliphatic heterocycles. The van der Waals surface area contributed by atoms with E-state index in [0.29, 0.717) is 32.3 Å². The summed E-state index contributed by atoms with van der Waals surface area (Å²) in [5.74, 6) is 0.396. The Balaban J connectivity index is 2.30. The number of hydrogen-bond donors (Lipinski definition) is 1. The van der Waals surface area contributed by atoms with Crippen molar-refractivity contribution in [2.75, 3.05) is 52.3 Å². The van der Waals surface area contributed by atoms with Crippen LogP contribution in [-0.2, 0) is 4.74 Å². The second-order valence-electron chi connectivity index (χ2n) is 4.40. The summed E-state index contributed by atoms with van der Waals surface area (Å²) in [6, 6.07) is 0.239. The lowest BCUT2D eigenvalue weighted by molar-refractivity contribution is 0.126. The average Bonchev–Trinajstić information content (AvgIpc) is 2.39. The summed E-state index contributed by atoms with van der Waals surface area (Å²) in [6.07, 6.45) is 0.881. The molecule has 1 aromatic heterocycles. The van der Waals surface area contributed by atoms with E-state index < -0.39 is 0 Å². The number of aromatic nitrogens is 3. The van der Waals surface area contributed by atoms with E-state index in [1.165, 1.54) is 0 Å². The number of nitrogens with zero attached hydrogens (tertiary/aromatic N) is 4. The third-order valence-electron chi connectivity index (χ3n) is 2.24. The van der Waals surface area contributed by atoms with Crippen molar-refractivity contribution in [3.8, 4) is 6.01 Å². The first-order valence-electron chi connectivity index (χ1n) is 6.62. The Kier molecular flexibility index (Phi) is 8.17. The largest absolute Gasteiger partial charge is 0.463 e. The second kappa shape index (κ2) is 9.68. The van der Waals surface area contributed by atoms with Crippen LogP contribution < -0.4 is 10.1 Å². The van der Waals surface area contributed by atoms with E-state index in [0.717, 1.165) is 13.0 Å². The predicted octanol–water partition coefficient (Wildman–Crippen LogP) is 1.30. The molecule has 0 aromatic carbocycles. The van der Waals surface area contributed by atoms with Crippen LogP contribution in [0, 0.1) is 0 Å². The first-order valence-corrected chi connectivity index (χ1v) is 7.00. The molecule has 0 unspecified atom stereocenters. The number of rotatable bonds is 10. The predicted molar refractivity (Wildman–Crippen MR) is 78.5 cm³/mol. The van der Waals surface area contributed by atoms with Crippen LogP contribution in [0.25, 0.3) is 0 Å². The van der Waals surface area contributed by atoms with E-state index in [4.69, 9.17) is 21.1 Å². The molecule has 1 heterocycles. The number of hydrogen-bond acceptors (Lipinski definition) is 7.